The van der Waals surface area contributed by atoms with E-state index in [1.165, 1.54) is 17.8 Å². The molecule has 24 heavy (non-hydrogen) atoms. The van der Waals surface area contributed by atoms with Crippen LogP contribution in [0.5, 0.6) is 0 Å². The molecule has 1 aromatic carbocycles. The Labute approximate surface area is 136 Å². The van der Waals surface area contributed by atoms with E-state index >= 15 is 0 Å². The summed E-state index contributed by atoms with van der Waals surface area (Å²) in [4.78, 5) is 29.1. The van der Waals surface area contributed by atoms with Crippen molar-refractivity contribution in [1.82, 2.24) is 23.7 Å². The second-order valence-electron chi connectivity index (χ2n) is 5.76. The molecule has 7 heteroatoms. The van der Waals surface area contributed by atoms with Crippen LogP contribution in [0.2, 0.25) is 0 Å². The van der Waals surface area contributed by atoms with Crippen LogP contribution in [0.1, 0.15) is 5.69 Å². The van der Waals surface area contributed by atoms with E-state index in [9.17, 15) is 9.59 Å². The molecule has 0 aliphatic carbocycles. The van der Waals surface area contributed by atoms with Gasteiger partial charge in [0.15, 0.2) is 11.3 Å². The normalized spacial score (nSPS) is 11.5. The number of aromatic nitrogens is 5. The van der Waals surface area contributed by atoms with Gasteiger partial charge in [-0.15, -0.1) is 0 Å². The molecular weight excluding hydrogens is 306 g/mol. The molecule has 0 aliphatic rings. The summed E-state index contributed by atoms with van der Waals surface area (Å²) in [6.45, 7) is 1.89. The molecule has 0 N–H and O–H groups in total. The van der Waals surface area contributed by atoms with Gasteiger partial charge < -0.3 is 0 Å². The molecule has 3 aromatic heterocycles. The van der Waals surface area contributed by atoms with Gasteiger partial charge in [-0.25, -0.2) is 9.78 Å². The first-order valence-corrected chi connectivity index (χ1v) is 7.50. The van der Waals surface area contributed by atoms with Gasteiger partial charge >= 0.3 is 5.69 Å². The quantitative estimate of drug-likeness (QED) is 0.529. The lowest BCUT2D eigenvalue weighted by Gasteiger charge is -2.08. The highest BCUT2D eigenvalue weighted by Crippen LogP contribution is 2.27. The third-order valence-corrected chi connectivity index (χ3v) is 4.28. The maximum atomic E-state index is 12.4. The smallest absolute Gasteiger partial charge is 0.280 e. The summed E-state index contributed by atoms with van der Waals surface area (Å²) in [5.41, 5.74) is 2.96. The fraction of sp³-hybridized carbons (Fsp3) is 0.176. The predicted octanol–water partition coefficient (Wildman–Crippen LogP) is 1.26. The fourth-order valence-corrected chi connectivity index (χ4v) is 3.08. The molecule has 120 valence electrons. The van der Waals surface area contributed by atoms with Gasteiger partial charge in [-0.1, -0.05) is 30.3 Å². The first-order valence-electron chi connectivity index (χ1n) is 7.50. The van der Waals surface area contributed by atoms with Gasteiger partial charge in [0.2, 0.25) is 0 Å². The lowest BCUT2D eigenvalue weighted by Crippen LogP contribution is -2.37. The van der Waals surface area contributed by atoms with E-state index in [-0.39, 0.29) is 5.56 Å². The topological polar surface area (TPSA) is 74.2 Å². The molecule has 7 nitrogen and oxygen atoms in total. The molecule has 0 aliphatic heterocycles. The molecule has 0 radical (unpaired) electrons. The molecule has 4 aromatic rings. The van der Waals surface area contributed by atoms with Crippen LogP contribution in [0.15, 0.2) is 46.1 Å². The van der Waals surface area contributed by atoms with E-state index in [4.69, 9.17) is 0 Å². The van der Waals surface area contributed by atoms with Crippen molar-refractivity contribution in [1.29, 1.82) is 0 Å². The number of aryl methyl sites for hydroxylation is 2. The Morgan fingerprint density at radius 1 is 1.00 bits per heavy atom. The molecule has 0 amide bonds. The van der Waals surface area contributed by atoms with Gasteiger partial charge in [-0.05, 0) is 12.5 Å². The van der Waals surface area contributed by atoms with E-state index in [1.807, 2.05) is 37.3 Å². The molecule has 0 bridgehead atoms. The Hall–Kier alpha value is -3.22. The van der Waals surface area contributed by atoms with Crippen molar-refractivity contribution in [2.75, 3.05) is 0 Å². The Bertz CT molecular complexity index is 1220. The molecule has 0 atom stereocenters. The second kappa shape index (κ2) is 4.89. The van der Waals surface area contributed by atoms with Crippen LogP contribution in [0.4, 0.5) is 0 Å². The zero-order chi connectivity index (χ0) is 17.0. The van der Waals surface area contributed by atoms with Crippen LogP contribution in [0.3, 0.4) is 0 Å². The van der Waals surface area contributed by atoms with Gasteiger partial charge in [0.1, 0.15) is 5.39 Å². The van der Waals surface area contributed by atoms with E-state index in [0.717, 1.165) is 21.4 Å². The first-order chi connectivity index (χ1) is 11.5. The van der Waals surface area contributed by atoms with E-state index < -0.39 is 5.69 Å². The second-order valence-corrected chi connectivity index (χ2v) is 5.76. The summed E-state index contributed by atoms with van der Waals surface area (Å²) < 4.78 is 4.08. The van der Waals surface area contributed by atoms with E-state index in [0.29, 0.717) is 16.7 Å². The minimum Gasteiger partial charge on any atom is -0.280 e. The molecule has 0 unspecified atom stereocenters. The maximum absolute atomic E-state index is 12.4. The Kier molecular flexibility index (Phi) is 2.93. The summed E-state index contributed by atoms with van der Waals surface area (Å²) in [5.74, 6) is 0. The van der Waals surface area contributed by atoms with Crippen LogP contribution < -0.4 is 11.2 Å². The van der Waals surface area contributed by atoms with Crippen molar-refractivity contribution in [3.05, 3.63) is 63.1 Å². The zero-order valence-corrected chi connectivity index (χ0v) is 13.5. The Morgan fingerprint density at radius 3 is 2.42 bits per heavy atom. The number of hydrogen-bond donors (Lipinski definition) is 0. The van der Waals surface area contributed by atoms with Crippen molar-refractivity contribution >= 4 is 16.7 Å². The predicted molar refractivity (Wildman–Crippen MR) is 91.1 cm³/mol. The molecule has 0 saturated carbocycles. The number of fused-ring (bicyclic) bond motifs is 3. The Balaban J connectivity index is 2.23. The summed E-state index contributed by atoms with van der Waals surface area (Å²) in [6, 6.07) is 9.81. The average molecular weight is 321 g/mol. The highest BCUT2D eigenvalue weighted by molar-refractivity contribution is 5.85. The van der Waals surface area contributed by atoms with Crippen LogP contribution in [-0.4, -0.2) is 23.7 Å². The lowest BCUT2D eigenvalue weighted by atomic mass is 10.1. The van der Waals surface area contributed by atoms with Crippen molar-refractivity contribution in [2.24, 2.45) is 14.1 Å². The number of rotatable bonds is 1. The lowest BCUT2D eigenvalue weighted by molar-refractivity contribution is 0.696. The summed E-state index contributed by atoms with van der Waals surface area (Å²) in [6.07, 6.45) is 1.51. The van der Waals surface area contributed by atoms with Crippen LogP contribution in [-0.2, 0) is 14.1 Å². The highest BCUT2D eigenvalue weighted by atomic mass is 16.2. The molecular formula is C17H15N5O2. The molecule has 0 saturated heterocycles. The first kappa shape index (κ1) is 14.4. The average Bonchev–Trinajstić information content (AvgIpc) is 2.93. The minimum absolute atomic E-state index is 0.356. The number of hydrogen-bond acceptors (Lipinski definition) is 4. The van der Waals surface area contributed by atoms with Crippen molar-refractivity contribution in [3.63, 3.8) is 0 Å². The minimum atomic E-state index is -0.394. The van der Waals surface area contributed by atoms with Gasteiger partial charge in [-0.3, -0.25) is 13.9 Å². The van der Waals surface area contributed by atoms with Crippen molar-refractivity contribution < 1.29 is 0 Å². The van der Waals surface area contributed by atoms with Crippen LogP contribution >= 0.6 is 0 Å². The Morgan fingerprint density at radius 2 is 1.71 bits per heavy atom. The van der Waals surface area contributed by atoms with Gasteiger partial charge in [0.05, 0.1) is 5.69 Å². The molecule has 4 rings (SSSR count). The van der Waals surface area contributed by atoms with Crippen molar-refractivity contribution in [3.8, 4) is 11.1 Å². The van der Waals surface area contributed by atoms with Crippen LogP contribution in [0.25, 0.3) is 27.8 Å². The third kappa shape index (κ3) is 1.78. The molecule has 0 fully saturated rings. The van der Waals surface area contributed by atoms with Gasteiger partial charge in [0.25, 0.3) is 5.56 Å². The van der Waals surface area contributed by atoms with E-state index in [1.54, 1.807) is 11.6 Å². The highest BCUT2D eigenvalue weighted by Gasteiger charge is 2.18. The standard InChI is InChI=1S/C17H15N5O2/c1-10-13(11-7-5-4-6-8-11)14-18-9-12-15(22(14)19-10)20(2)17(24)21(3)16(12)23/h4-9H,1-3H3. The molecule has 0 spiro atoms. The third-order valence-electron chi connectivity index (χ3n) is 4.28. The fourth-order valence-electron chi connectivity index (χ4n) is 3.08. The van der Waals surface area contributed by atoms with Crippen molar-refractivity contribution in [2.45, 2.75) is 6.92 Å². The number of nitrogens with zero attached hydrogens (tertiary/aromatic N) is 5. The summed E-state index contributed by atoms with van der Waals surface area (Å²) in [7, 11) is 3.08. The monoisotopic (exact) mass is 321 g/mol. The SMILES string of the molecule is Cc1nn2c(ncc3c(=O)n(C)c(=O)n(C)c32)c1-c1ccccc1. The van der Waals surface area contributed by atoms with Gasteiger partial charge in [0, 0.05) is 25.9 Å². The zero-order valence-electron chi connectivity index (χ0n) is 13.5. The summed E-state index contributed by atoms with van der Waals surface area (Å²) >= 11 is 0. The summed E-state index contributed by atoms with van der Waals surface area (Å²) in [5, 5.41) is 4.89. The number of benzene rings is 1. The van der Waals surface area contributed by atoms with E-state index in [2.05, 4.69) is 10.1 Å². The molecule has 3 heterocycles. The van der Waals surface area contributed by atoms with Gasteiger partial charge in [-0.2, -0.15) is 9.61 Å². The maximum Gasteiger partial charge on any atom is 0.332 e. The van der Waals surface area contributed by atoms with Crippen LogP contribution in [0, 0.1) is 6.92 Å². The largest absolute Gasteiger partial charge is 0.332 e.